The number of rotatable bonds is 48. The number of ether oxygens (including phenoxy) is 5. The molecular weight excluding hydrogens is 997 g/mol. The molecule has 12 nitrogen and oxygen atoms in total. The summed E-state index contributed by atoms with van der Waals surface area (Å²) in [4.78, 5) is 51.1. The molecule has 6 unspecified atom stereocenters. The minimum Gasteiger partial charge on any atom is -0.479 e. The van der Waals surface area contributed by atoms with Crippen LogP contribution in [0, 0.1) is 0 Å². The number of esters is 3. The third-order valence-electron chi connectivity index (χ3n) is 12.4. The monoisotopic (exact) mass is 1100 g/mol. The molecule has 0 aromatic rings. The van der Waals surface area contributed by atoms with E-state index in [4.69, 9.17) is 23.7 Å². The molecule has 1 rings (SSSR count). The van der Waals surface area contributed by atoms with Crippen molar-refractivity contribution in [2.75, 3.05) is 13.2 Å². The highest BCUT2D eigenvalue weighted by Crippen LogP contribution is 2.26. The van der Waals surface area contributed by atoms with Gasteiger partial charge in [-0.3, -0.25) is 14.4 Å². The van der Waals surface area contributed by atoms with Crippen molar-refractivity contribution in [2.24, 2.45) is 0 Å². The zero-order valence-corrected chi connectivity index (χ0v) is 48.5. The maximum atomic E-state index is 13.1. The quantitative estimate of drug-likeness (QED) is 0.0228. The van der Waals surface area contributed by atoms with Crippen LogP contribution >= 0.6 is 0 Å². The lowest BCUT2D eigenvalue weighted by Crippen LogP contribution is -2.61. The number of carbonyl (C=O) groups excluding carboxylic acids is 3. The Morgan fingerprint density at radius 2 is 0.835 bits per heavy atom. The molecule has 1 aliphatic rings. The summed E-state index contributed by atoms with van der Waals surface area (Å²) in [5.74, 6) is -3.35. The van der Waals surface area contributed by atoms with Crippen molar-refractivity contribution < 1.29 is 58.2 Å². The van der Waals surface area contributed by atoms with Crippen LogP contribution in [0.4, 0.5) is 0 Å². The second-order valence-electron chi connectivity index (χ2n) is 19.5. The van der Waals surface area contributed by atoms with Gasteiger partial charge in [0.2, 0.25) is 0 Å². The lowest BCUT2D eigenvalue weighted by molar-refractivity contribution is -0.301. The largest absolute Gasteiger partial charge is 0.479 e. The van der Waals surface area contributed by atoms with Gasteiger partial charge in [0, 0.05) is 19.3 Å². The van der Waals surface area contributed by atoms with Gasteiger partial charge >= 0.3 is 23.9 Å². The van der Waals surface area contributed by atoms with Gasteiger partial charge in [-0.15, -0.1) is 0 Å². The third-order valence-corrected chi connectivity index (χ3v) is 12.4. The van der Waals surface area contributed by atoms with E-state index >= 15 is 0 Å². The number of hydrogen-bond acceptors (Lipinski definition) is 11. The maximum absolute atomic E-state index is 13.1. The van der Waals surface area contributed by atoms with E-state index in [1.54, 1.807) is 0 Å². The molecule has 3 N–H and O–H groups in total. The summed E-state index contributed by atoms with van der Waals surface area (Å²) in [7, 11) is 0. The van der Waals surface area contributed by atoms with Gasteiger partial charge in [-0.2, -0.15) is 0 Å². The van der Waals surface area contributed by atoms with Gasteiger partial charge in [0.25, 0.3) is 0 Å². The molecule has 79 heavy (non-hydrogen) atoms. The first kappa shape index (κ1) is 71.6. The van der Waals surface area contributed by atoms with Crippen LogP contribution in [0.2, 0.25) is 0 Å². The van der Waals surface area contributed by atoms with Crippen molar-refractivity contribution >= 4 is 23.9 Å². The first-order valence-electron chi connectivity index (χ1n) is 29.8. The Kier molecular flexibility index (Phi) is 48.3. The Morgan fingerprint density at radius 3 is 1.30 bits per heavy atom. The highest BCUT2D eigenvalue weighted by Gasteiger charge is 2.50. The molecule has 0 saturated carbocycles. The number of hydrogen-bond donors (Lipinski definition) is 3. The number of carboxylic acid groups (broad SMARTS) is 1. The van der Waals surface area contributed by atoms with Gasteiger partial charge in [0.15, 0.2) is 24.6 Å². The Balaban J connectivity index is 2.76. The van der Waals surface area contributed by atoms with Crippen LogP contribution in [-0.2, 0) is 42.9 Å². The third kappa shape index (κ3) is 43.1. The van der Waals surface area contributed by atoms with Gasteiger partial charge < -0.3 is 39.0 Å². The van der Waals surface area contributed by atoms with Crippen molar-refractivity contribution in [3.05, 3.63) is 146 Å². The number of aliphatic carboxylic acids is 1. The molecule has 0 aromatic heterocycles. The van der Waals surface area contributed by atoms with Gasteiger partial charge in [-0.05, 0) is 122 Å². The fourth-order valence-corrected chi connectivity index (χ4v) is 7.89. The average Bonchev–Trinajstić information content (AvgIpc) is 3.46. The number of carbonyl (C=O) groups is 4. The molecule has 0 bridgehead atoms. The first-order chi connectivity index (χ1) is 38.6. The van der Waals surface area contributed by atoms with E-state index in [1.807, 2.05) is 24.3 Å². The second kappa shape index (κ2) is 53.3. The standard InChI is InChI=1S/C67H102O12/c1-4-7-10-13-16-19-22-25-27-29-30-32-33-36-38-41-44-47-50-53-59(68)75-56-58(77-60(69)54-51-48-45-42-39-35-24-21-18-15-12-9-6-3)57-76-67-65(63(72)62(71)64(79-67)66(73)74)78-61(70)55-52-49-46-43-40-37-34-31-28-26-23-20-17-14-11-8-5-2/h8-9,11-12,16-21,25-28,30,32,34-35,37,39,43,45-46,48,58,62-65,67,71-72H,4-7,10,13-15,22-24,29,31,33,36,38,40-42,44,47,49-57H2,1-3H3,(H,73,74)/b11-8-,12-9-,19-16-,20-17-,21-18-,27-25-,28-26-,32-30-,37-34-,39-35-,46-43-,48-45-. The maximum Gasteiger partial charge on any atom is 0.335 e. The van der Waals surface area contributed by atoms with Gasteiger partial charge in [0.1, 0.15) is 18.8 Å². The highest BCUT2D eigenvalue weighted by atomic mass is 16.7. The molecule has 1 aliphatic heterocycles. The normalized spacial score (nSPS) is 18.9. The van der Waals surface area contributed by atoms with Crippen molar-refractivity contribution in [1.29, 1.82) is 0 Å². The molecule has 1 saturated heterocycles. The fourth-order valence-electron chi connectivity index (χ4n) is 7.89. The second-order valence-corrected chi connectivity index (χ2v) is 19.5. The van der Waals surface area contributed by atoms with Crippen LogP contribution in [0.5, 0.6) is 0 Å². The SMILES string of the molecule is CC/C=C\C/C=C\C/C=C\C/C=C\C/C=C\CCCC(=O)OC1C(OCC(COC(=O)CCCCCCCC/C=C\C/C=C\C/C=C\CCCCC)OC(=O)CC/C=C\C/C=C\C/C=C\C/C=C\CC)OC(C(=O)O)C(O)C1O. The smallest absolute Gasteiger partial charge is 0.335 e. The minimum absolute atomic E-state index is 0.0233. The van der Waals surface area contributed by atoms with Gasteiger partial charge in [-0.1, -0.05) is 205 Å². The molecule has 1 heterocycles. The van der Waals surface area contributed by atoms with Gasteiger partial charge in [-0.25, -0.2) is 4.79 Å². The van der Waals surface area contributed by atoms with Crippen LogP contribution in [-0.4, -0.2) is 89.2 Å². The van der Waals surface area contributed by atoms with Crippen molar-refractivity contribution in [3.63, 3.8) is 0 Å². The summed E-state index contributed by atoms with van der Waals surface area (Å²) in [5, 5.41) is 31.5. The molecule has 12 heteroatoms. The Labute approximate surface area is 476 Å². The molecule has 0 radical (unpaired) electrons. The van der Waals surface area contributed by atoms with E-state index in [0.717, 1.165) is 103 Å². The highest BCUT2D eigenvalue weighted by molar-refractivity contribution is 5.74. The molecule has 0 spiro atoms. The van der Waals surface area contributed by atoms with E-state index in [1.165, 1.54) is 25.7 Å². The summed E-state index contributed by atoms with van der Waals surface area (Å²) in [6, 6.07) is 0. The Morgan fingerprint density at radius 1 is 0.430 bits per heavy atom. The van der Waals surface area contributed by atoms with E-state index in [9.17, 15) is 34.5 Å². The summed E-state index contributed by atoms with van der Waals surface area (Å²) in [6.45, 7) is 5.62. The van der Waals surface area contributed by atoms with E-state index < -0.39 is 67.3 Å². The number of aliphatic hydroxyl groups excluding tert-OH is 2. The van der Waals surface area contributed by atoms with E-state index in [0.29, 0.717) is 32.1 Å². The molecule has 0 amide bonds. The average molecular weight is 1100 g/mol. The first-order valence-corrected chi connectivity index (χ1v) is 29.8. The molecule has 0 aliphatic carbocycles. The number of allylic oxidation sites excluding steroid dienone is 24. The number of carboxylic acids is 1. The topological polar surface area (TPSA) is 175 Å². The number of unbranched alkanes of at least 4 members (excludes halogenated alkanes) is 10. The predicted molar refractivity (Wildman–Crippen MR) is 321 cm³/mol. The Hall–Kier alpha value is -5.40. The summed E-state index contributed by atoms with van der Waals surface area (Å²) in [5.41, 5.74) is 0. The zero-order valence-electron chi connectivity index (χ0n) is 48.5. The van der Waals surface area contributed by atoms with Crippen molar-refractivity contribution in [3.8, 4) is 0 Å². The number of aliphatic hydroxyl groups is 2. The van der Waals surface area contributed by atoms with E-state index in [2.05, 4.69) is 142 Å². The summed E-state index contributed by atoms with van der Waals surface area (Å²) in [6.07, 6.45) is 64.1. The van der Waals surface area contributed by atoms with E-state index in [-0.39, 0.29) is 25.9 Å². The van der Waals surface area contributed by atoms with Crippen LogP contribution in [0.3, 0.4) is 0 Å². The lowest BCUT2D eigenvalue weighted by atomic mass is 9.98. The Bertz CT molecular complexity index is 1930. The van der Waals surface area contributed by atoms with Gasteiger partial charge in [0.05, 0.1) is 6.61 Å². The van der Waals surface area contributed by atoms with Crippen LogP contribution in [0.25, 0.3) is 0 Å². The summed E-state index contributed by atoms with van der Waals surface area (Å²) >= 11 is 0. The predicted octanol–water partition coefficient (Wildman–Crippen LogP) is 15.6. The molecule has 0 aromatic carbocycles. The summed E-state index contributed by atoms with van der Waals surface area (Å²) < 4.78 is 28.3. The van der Waals surface area contributed by atoms with Crippen LogP contribution < -0.4 is 0 Å². The molecule has 6 atom stereocenters. The fraction of sp³-hybridized carbons (Fsp3) is 0.582. The minimum atomic E-state index is -1.94. The zero-order chi connectivity index (χ0) is 57.5. The molecule has 1 fully saturated rings. The van der Waals surface area contributed by atoms with Crippen molar-refractivity contribution in [1.82, 2.24) is 0 Å². The molecule has 442 valence electrons. The van der Waals surface area contributed by atoms with Crippen molar-refractivity contribution in [2.45, 2.75) is 237 Å². The van der Waals surface area contributed by atoms with Crippen LogP contribution in [0.15, 0.2) is 146 Å². The lowest BCUT2D eigenvalue weighted by Gasteiger charge is -2.40. The molecular formula is C67H102O12. The van der Waals surface area contributed by atoms with Crippen LogP contribution in [0.1, 0.15) is 201 Å².